The van der Waals surface area contributed by atoms with Crippen LogP contribution in [0.15, 0.2) is 34.0 Å². The molecule has 1 saturated heterocycles. The molecule has 1 aliphatic heterocycles. The Labute approximate surface area is 276 Å². The van der Waals surface area contributed by atoms with Crippen molar-refractivity contribution in [1.29, 1.82) is 0 Å². The second kappa shape index (κ2) is 15.1. The quantitative estimate of drug-likeness (QED) is 0.234. The van der Waals surface area contributed by atoms with Gasteiger partial charge in [0.15, 0.2) is 29.1 Å². The maximum Gasteiger partial charge on any atom is 0.303 e. The van der Waals surface area contributed by atoms with E-state index in [9.17, 15) is 24.0 Å². The second-order valence-electron chi connectivity index (χ2n) is 11.1. The number of esters is 3. The Morgan fingerprint density at radius 1 is 0.872 bits per heavy atom. The lowest BCUT2D eigenvalue weighted by molar-refractivity contribution is -0.280. The third kappa shape index (κ3) is 7.82. The molecule has 1 heterocycles. The van der Waals surface area contributed by atoms with Gasteiger partial charge in [0.2, 0.25) is 24.1 Å². The number of hydrogen-bond donors (Lipinski definition) is 1. The molecule has 6 atom stereocenters. The van der Waals surface area contributed by atoms with Crippen molar-refractivity contribution < 1.29 is 52.3 Å². The minimum atomic E-state index is -1.35. The lowest BCUT2D eigenvalue weighted by Gasteiger charge is -2.43. The summed E-state index contributed by atoms with van der Waals surface area (Å²) in [5, 5.41) is 2.97. The summed E-state index contributed by atoms with van der Waals surface area (Å²) in [6, 6.07) is 6.35. The van der Waals surface area contributed by atoms with Crippen molar-refractivity contribution in [2.45, 2.75) is 89.1 Å². The minimum absolute atomic E-state index is 0.152. The highest BCUT2D eigenvalue weighted by Crippen LogP contribution is 2.51. The molecule has 0 saturated carbocycles. The molecule has 2 aromatic carbocycles. The predicted molar refractivity (Wildman–Crippen MR) is 170 cm³/mol. The molecule has 1 unspecified atom stereocenters. The molecule has 13 nitrogen and oxygen atoms in total. The van der Waals surface area contributed by atoms with Crippen molar-refractivity contribution in [3.05, 3.63) is 45.6 Å². The highest BCUT2D eigenvalue weighted by Gasteiger charge is 2.52. The fraction of sp³-hybridized carbons (Fsp3) is 0.485. The first-order valence-corrected chi connectivity index (χ1v) is 16.1. The zero-order valence-electron chi connectivity index (χ0n) is 27.5. The maximum atomic E-state index is 13.1. The van der Waals surface area contributed by atoms with Gasteiger partial charge in [-0.2, -0.15) is 0 Å². The molecule has 1 aliphatic carbocycles. The molecule has 0 aromatic heterocycles. The van der Waals surface area contributed by atoms with Crippen LogP contribution in [-0.4, -0.2) is 75.0 Å². The number of carbonyl (C=O) groups excluding carboxylic acids is 4. The zero-order chi connectivity index (χ0) is 34.6. The molecule has 254 valence electrons. The van der Waals surface area contributed by atoms with Crippen molar-refractivity contribution in [2.24, 2.45) is 0 Å². The first-order chi connectivity index (χ1) is 22.3. The molecule has 4 rings (SSSR count). The number of methoxy groups -OCH3 is 2. The van der Waals surface area contributed by atoms with Crippen LogP contribution in [-0.2, 0) is 44.5 Å². The Hall–Kier alpha value is -4.30. The number of benzene rings is 1. The number of nitrogens with one attached hydrogen (secondary N) is 1. The van der Waals surface area contributed by atoms with E-state index in [1.807, 2.05) is 12.3 Å². The summed E-state index contributed by atoms with van der Waals surface area (Å²) >= 11 is 1.32. The van der Waals surface area contributed by atoms with E-state index in [1.165, 1.54) is 53.7 Å². The van der Waals surface area contributed by atoms with Crippen molar-refractivity contribution in [2.75, 3.05) is 20.5 Å². The number of thioether (sulfide) groups is 1. The highest BCUT2D eigenvalue weighted by atomic mass is 32.2. The van der Waals surface area contributed by atoms with Gasteiger partial charge in [0.1, 0.15) is 0 Å². The van der Waals surface area contributed by atoms with Crippen LogP contribution >= 0.6 is 11.8 Å². The van der Waals surface area contributed by atoms with Gasteiger partial charge in [-0.1, -0.05) is 6.07 Å². The minimum Gasteiger partial charge on any atom is -0.492 e. The largest absolute Gasteiger partial charge is 0.492 e. The number of ether oxygens (including phenoxy) is 7. The van der Waals surface area contributed by atoms with Gasteiger partial charge in [-0.15, -0.1) is 11.8 Å². The Morgan fingerprint density at radius 3 is 2.06 bits per heavy atom. The molecule has 0 radical (unpaired) electrons. The number of aryl methyl sites for hydroxylation is 1. The van der Waals surface area contributed by atoms with E-state index in [-0.39, 0.29) is 28.6 Å². The van der Waals surface area contributed by atoms with Crippen molar-refractivity contribution >= 4 is 35.6 Å². The standard InChI is InChI=1S/C33H39NO12S/c1-15-28(43-17(3)36)31(44-18(4)37)32(45-19(5)38)33(42-15)46-25-13-20-9-11-23(34-16(2)35)22-14-24(39)26(47-8)12-10-21(22)27(20)30(41-7)29(25)40-6/h10,12-15,23,28,31-33H,9,11H2,1-8H3,(H,34,35)/t15-,23-,28+,31+,32-,33?/m0/s1. The molecule has 2 aliphatic rings. The van der Waals surface area contributed by atoms with Crippen LogP contribution in [0.1, 0.15) is 58.2 Å². The summed E-state index contributed by atoms with van der Waals surface area (Å²) < 4.78 is 40.7. The number of fused-ring (bicyclic) bond motifs is 3. The third-order valence-corrected chi connectivity index (χ3v) is 8.53. The smallest absolute Gasteiger partial charge is 0.303 e. The summed E-state index contributed by atoms with van der Waals surface area (Å²) in [5.74, 6) is -1.72. The van der Waals surface area contributed by atoms with E-state index >= 15 is 0 Å². The topological polar surface area (TPSA) is 162 Å². The summed E-state index contributed by atoms with van der Waals surface area (Å²) in [6.45, 7) is 6.57. The zero-order valence-corrected chi connectivity index (χ0v) is 28.3. The molecular formula is C33H39NO12S. The predicted octanol–water partition coefficient (Wildman–Crippen LogP) is 3.50. The van der Waals surface area contributed by atoms with Crippen LogP contribution in [0.3, 0.4) is 0 Å². The van der Waals surface area contributed by atoms with Crippen LogP contribution in [0.4, 0.5) is 0 Å². The summed E-state index contributed by atoms with van der Waals surface area (Å²) in [4.78, 5) is 62.2. The molecule has 14 heteroatoms. The summed E-state index contributed by atoms with van der Waals surface area (Å²) in [7, 11) is 2.89. The maximum absolute atomic E-state index is 13.1. The van der Waals surface area contributed by atoms with Gasteiger partial charge in [0.05, 0.1) is 31.3 Å². The van der Waals surface area contributed by atoms with Crippen LogP contribution in [0.25, 0.3) is 11.1 Å². The van der Waals surface area contributed by atoms with Crippen LogP contribution < -0.4 is 25.0 Å². The Kier molecular flexibility index (Phi) is 11.4. The van der Waals surface area contributed by atoms with E-state index in [4.69, 9.17) is 33.2 Å². The van der Waals surface area contributed by atoms with E-state index in [0.717, 1.165) is 5.56 Å². The Balaban J connectivity index is 1.89. The van der Waals surface area contributed by atoms with Crippen molar-refractivity contribution in [1.82, 2.24) is 5.32 Å². The van der Waals surface area contributed by atoms with E-state index < -0.39 is 54.7 Å². The lowest BCUT2D eigenvalue weighted by atomic mass is 9.95. The number of rotatable bonds is 9. The summed E-state index contributed by atoms with van der Waals surface area (Å²) in [6.07, 6.45) is -3.24. The normalized spacial score (nSPS) is 23.1. The molecular weight excluding hydrogens is 634 g/mol. The summed E-state index contributed by atoms with van der Waals surface area (Å²) in [5.41, 5.74) is 2.49. The molecule has 47 heavy (non-hydrogen) atoms. The second-order valence-corrected chi connectivity index (χ2v) is 11.9. The molecule has 0 bridgehead atoms. The lowest BCUT2D eigenvalue weighted by Crippen LogP contribution is -2.62. The van der Waals surface area contributed by atoms with E-state index in [2.05, 4.69) is 5.32 Å². The Morgan fingerprint density at radius 2 is 1.49 bits per heavy atom. The monoisotopic (exact) mass is 673 g/mol. The average molecular weight is 674 g/mol. The molecule has 1 fully saturated rings. The number of amides is 1. The first kappa shape index (κ1) is 35.6. The molecule has 1 N–H and O–H groups in total. The van der Waals surface area contributed by atoms with Crippen LogP contribution in [0, 0.1) is 0 Å². The fourth-order valence-electron chi connectivity index (χ4n) is 5.99. The number of hydrogen-bond acceptors (Lipinski definition) is 13. The molecule has 2 aromatic rings. The highest BCUT2D eigenvalue weighted by molar-refractivity contribution is 7.98. The fourth-order valence-corrected chi connectivity index (χ4v) is 6.45. The van der Waals surface area contributed by atoms with E-state index in [1.54, 1.807) is 25.1 Å². The van der Waals surface area contributed by atoms with Crippen molar-refractivity contribution in [3.63, 3.8) is 0 Å². The first-order valence-electron chi connectivity index (χ1n) is 14.9. The van der Waals surface area contributed by atoms with Gasteiger partial charge in [0, 0.05) is 33.3 Å². The van der Waals surface area contributed by atoms with Gasteiger partial charge in [-0.05, 0) is 60.9 Å². The number of carbonyl (C=O) groups is 4. The Bertz CT molecular complexity index is 1610. The van der Waals surface area contributed by atoms with Gasteiger partial charge in [-0.25, -0.2) is 0 Å². The van der Waals surface area contributed by atoms with Gasteiger partial charge >= 0.3 is 17.9 Å². The molecule has 0 spiro atoms. The van der Waals surface area contributed by atoms with Gasteiger partial charge in [0.25, 0.3) is 0 Å². The van der Waals surface area contributed by atoms with Gasteiger partial charge < -0.3 is 38.5 Å². The third-order valence-electron chi connectivity index (χ3n) is 7.75. The molecule has 1 amide bonds. The van der Waals surface area contributed by atoms with Gasteiger partial charge in [-0.3, -0.25) is 24.0 Å². The van der Waals surface area contributed by atoms with E-state index in [0.29, 0.717) is 34.4 Å². The average Bonchev–Trinajstić information content (AvgIpc) is 3.23. The van der Waals surface area contributed by atoms with Crippen LogP contribution in [0.5, 0.6) is 17.2 Å². The SMILES string of the molecule is COc1c(OC2O[C@@H](C)[C@@H](OC(C)=O)[C@@H](OC(C)=O)[C@@H]2OC(C)=O)cc2c(c1OC)-c1ccc(SC)c(=O)cc1[C@@H](NC(C)=O)CC2. The van der Waals surface area contributed by atoms with Crippen LogP contribution in [0.2, 0.25) is 0 Å². The van der Waals surface area contributed by atoms with Crippen molar-refractivity contribution in [3.8, 4) is 28.4 Å².